The molecule has 2 aromatic heterocycles. The molecule has 0 aliphatic carbocycles. The number of piperazine rings is 1. The number of hydrogen-bond acceptors (Lipinski definition) is 7. The lowest BCUT2D eigenvalue weighted by Gasteiger charge is -2.36. The van der Waals surface area contributed by atoms with Crippen molar-refractivity contribution in [3.05, 3.63) is 24.0 Å². The zero-order valence-electron chi connectivity index (χ0n) is 13.4. The monoisotopic (exact) mass is 340 g/mol. The van der Waals surface area contributed by atoms with Crippen LogP contribution in [0.4, 0.5) is 0 Å². The van der Waals surface area contributed by atoms with Crippen LogP contribution in [0.3, 0.4) is 0 Å². The van der Waals surface area contributed by atoms with Crippen LogP contribution in [0.5, 0.6) is 0 Å². The predicted molar refractivity (Wildman–Crippen MR) is 81.1 cm³/mol. The molecule has 1 aliphatic heterocycles. The molecule has 126 valence electrons. The highest BCUT2D eigenvalue weighted by Gasteiger charge is 2.37. The second kappa shape index (κ2) is 6.02. The van der Waals surface area contributed by atoms with Crippen molar-refractivity contribution in [1.29, 1.82) is 0 Å². The Hall–Kier alpha value is -1.78. The number of aryl methyl sites for hydroxylation is 2. The van der Waals surface area contributed by atoms with Gasteiger partial charge in [-0.05, 0) is 27.0 Å². The summed E-state index contributed by atoms with van der Waals surface area (Å²) in [4.78, 5) is 6.26. The fraction of sp³-hybridized carbons (Fsp3) is 0.615. The quantitative estimate of drug-likeness (QED) is 0.788. The Morgan fingerprint density at radius 2 is 2.17 bits per heavy atom. The molecule has 1 atom stereocenters. The van der Waals surface area contributed by atoms with Crippen molar-refractivity contribution in [3.8, 4) is 0 Å². The first-order chi connectivity index (χ1) is 10.9. The van der Waals surface area contributed by atoms with Crippen LogP contribution in [0.25, 0.3) is 0 Å². The maximum Gasteiger partial charge on any atom is 0.260 e. The molecule has 9 nitrogen and oxygen atoms in total. The highest BCUT2D eigenvalue weighted by atomic mass is 32.2. The molecule has 0 N–H and O–H groups in total. The van der Waals surface area contributed by atoms with Crippen molar-refractivity contribution in [2.45, 2.75) is 31.5 Å². The van der Waals surface area contributed by atoms with Gasteiger partial charge in [0.1, 0.15) is 6.04 Å². The molecular weight excluding hydrogens is 320 g/mol. The van der Waals surface area contributed by atoms with E-state index in [0.717, 1.165) is 0 Å². The number of aromatic nitrogens is 4. The third-order valence-corrected chi connectivity index (χ3v) is 5.91. The summed E-state index contributed by atoms with van der Waals surface area (Å²) in [5, 5.41) is 8.06. The average Bonchev–Trinajstić information content (AvgIpc) is 3.16. The third kappa shape index (κ3) is 2.89. The van der Waals surface area contributed by atoms with Gasteiger partial charge in [0, 0.05) is 26.2 Å². The minimum Gasteiger partial charge on any atom is -0.338 e. The first-order valence-electron chi connectivity index (χ1n) is 7.46. The van der Waals surface area contributed by atoms with Crippen LogP contribution < -0.4 is 0 Å². The SMILES string of the molecule is CCn1nccc1S(=O)(=O)N1CCN(C)[C@@H](c2nc(C)no2)C1. The van der Waals surface area contributed by atoms with E-state index in [1.807, 2.05) is 18.9 Å². The Kier molecular flexibility index (Phi) is 4.21. The lowest BCUT2D eigenvalue weighted by Crippen LogP contribution is -2.49. The summed E-state index contributed by atoms with van der Waals surface area (Å²) in [6.07, 6.45) is 1.51. The normalized spacial score (nSPS) is 20.9. The summed E-state index contributed by atoms with van der Waals surface area (Å²) in [5.74, 6) is 0.978. The molecular formula is C13H20N6O3S. The molecule has 0 amide bonds. The summed E-state index contributed by atoms with van der Waals surface area (Å²) < 4.78 is 34.0. The number of hydrogen-bond donors (Lipinski definition) is 0. The molecule has 1 saturated heterocycles. The summed E-state index contributed by atoms with van der Waals surface area (Å²) in [7, 11) is -1.68. The Labute approximate surface area is 134 Å². The van der Waals surface area contributed by atoms with E-state index in [1.165, 1.54) is 21.3 Å². The molecule has 1 aliphatic rings. The van der Waals surface area contributed by atoms with Crippen molar-refractivity contribution in [3.63, 3.8) is 0 Å². The molecule has 0 radical (unpaired) electrons. The van der Waals surface area contributed by atoms with Crippen LogP contribution in [-0.4, -0.2) is 64.2 Å². The van der Waals surface area contributed by atoms with Crippen LogP contribution in [0.15, 0.2) is 21.8 Å². The van der Waals surface area contributed by atoms with E-state index in [2.05, 4.69) is 15.2 Å². The largest absolute Gasteiger partial charge is 0.338 e. The van der Waals surface area contributed by atoms with Crippen molar-refractivity contribution in [1.82, 2.24) is 29.1 Å². The molecule has 3 heterocycles. The first-order valence-corrected chi connectivity index (χ1v) is 8.90. The molecule has 1 fully saturated rings. The van der Waals surface area contributed by atoms with Gasteiger partial charge in [0.05, 0.1) is 6.20 Å². The fourth-order valence-corrected chi connectivity index (χ4v) is 4.29. The van der Waals surface area contributed by atoms with E-state index in [0.29, 0.717) is 31.3 Å². The molecule has 0 unspecified atom stereocenters. The average molecular weight is 340 g/mol. The maximum atomic E-state index is 12.9. The Balaban J connectivity index is 1.89. The van der Waals surface area contributed by atoms with E-state index < -0.39 is 10.0 Å². The van der Waals surface area contributed by atoms with Crippen LogP contribution in [0.2, 0.25) is 0 Å². The number of likely N-dealkylation sites (N-methyl/N-ethyl adjacent to an activating group) is 1. The summed E-state index contributed by atoms with van der Waals surface area (Å²) >= 11 is 0. The molecule has 0 bridgehead atoms. The number of sulfonamides is 1. The zero-order chi connectivity index (χ0) is 16.6. The molecule has 23 heavy (non-hydrogen) atoms. The molecule has 2 aromatic rings. The smallest absolute Gasteiger partial charge is 0.260 e. The number of rotatable bonds is 4. The fourth-order valence-electron chi connectivity index (χ4n) is 2.69. The van der Waals surface area contributed by atoms with Crippen molar-refractivity contribution < 1.29 is 12.9 Å². The van der Waals surface area contributed by atoms with Crippen LogP contribution >= 0.6 is 0 Å². The second-order valence-corrected chi connectivity index (χ2v) is 7.41. The van der Waals surface area contributed by atoms with Crippen molar-refractivity contribution >= 4 is 10.0 Å². The van der Waals surface area contributed by atoms with E-state index in [1.54, 1.807) is 6.92 Å². The highest BCUT2D eigenvalue weighted by Crippen LogP contribution is 2.26. The summed E-state index contributed by atoms with van der Waals surface area (Å²) in [6, 6.07) is 1.28. The lowest BCUT2D eigenvalue weighted by atomic mass is 10.2. The topological polar surface area (TPSA) is 97.4 Å². The van der Waals surface area contributed by atoms with E-state index in [9.17, 15) is 8.42 Å². The lowest BCUT2D eigenvalue weighted by molar-refractivity contribution is 0.120. The van der Waals surface area contributed by atoms with Crippen LogP contribution in [0.1, 0.15) is 24.7 Å². The van der Waals surface area contributed by atoms with Gasteiger partial charge in [-0.15, -0.1) is 0 Å². The number of nitrogens with zero attached hydrogens (tertiary/aromatic N) is 6. The van der Waals surface area contributed by atoms with Gasteiger partial charge in [-0.2, -0.15) is 14.4 Å². The van der Waals surface area contributed by atoms with Gasteiger partial charge in [-0.25, -0.2) is 8.42 Å². The van der Waals surface area contributed by atoms with Crippen LogP contribution in [-0.2, 0) is 16.6 Å². The first kappa shape index (κ1) is 16.1. The minimum absolute atomic E-state index is 0.213. The van der Waals surface area contributed by atoms with Gasteiger partial charge in [0.2, 0.25) is 5.89 Å². The second-order valence-electron chi connectivity index (χ2n) is 5.52. The molecule has 3 rings (SSSR count). The van der Waals surface area contributed by atoms with Crippen molar-refractivity contribution in [2.75, 3.05) is 26.7 Å². The summed E-state index contributed by atoms with van der Waals surface area (Å²) in [5.41, 5.74) is 0. The molecule has 10 heteroatoms. The van der Waals surface area contributed by atoms with Gasteiger partial charge in [0.15, 0.2) is 10.9 Å². The molecule has 0 saturated carbocycles. The Bertz CT molecular complexity index is 783. The molecule has 0 spiro atoms. The standard InChI is InChI=1S/C13H20N6O3S/c1-4-19-12(5-6-14-19)23(20,21)18-8-7-17(3)11(9-18)13-15-10(2)16-22-13/h5-6,11H,4,7-9H2,1-3H3/t11-/m1/s1. The van der Waals surface area contributed by atoms with Gasteiger partial charge < -0.3 is 4.52 Å². The van der Waals surface area contributed by atoms with Crippen LogP contribution in [0, 0.1) is 6.92 Å². The van der Waals surface area contributed by atoms with Crippen molar-refractivity contribution in [2.24, 2.45) is 0 Å². The Morgan fingerprint density at radius 1 is 1.39 bits per heavy atom. The summed E-state index contributed by atoms with van der Waals surface area (Å²) in [6.45, 7) is 5.38. The van der Waals surface area contributed by atoms with E-state index in [4.69, 9.17) is 4.52 Å². The Morgan fingerprint density at radius 3 is 2.83 bits per heavy atom. The maximum absolute atomic E-state index is 12.9. The predicted octanol–water partition coefficient (Wildman–Crippen LogP) is 0.272. The third-order valence-electron chi connectivity index (χ3n) is 4.02. The zero-order valence-corrected chi connectivity index (χ0v) is 14.2. The van der Waals surface area contributed by atoms with Gasteiger partial charge in [-0.3, -0.25) is 9.58 Å². The molecule has 0 aromatic carbocycles. The van der Waals surface area contributed by atoms with Gasteiger partial charge in [0.25, 0.3) is 10.0 Å². The minimum atomic E-state index is -3.60. The van der Waals surface area contributed by atoms with Gasteiger partial charge >= 0.3 is 0 Å². The highest BCUT2D eigenvalue weighted by molar-refractivity contribution is 7.89. The van der Waals surface area contributed by atoms with E-state index >= 15 is 0 Å². The van der Waals surface area contributed by atoms with Gasteiger partial charge in [-0.1, -0.05) is 5.16 Å². The van der Waals surface area contributed by atoms with E-state index in [-0.39, 0.29) is 17.6 Å².